The third kappa shape index (κ3) is 3.37. The molecule has 5 heteroatoms. The average molecular weight is 351 g/mol. The van der Waals surface area contributed by atoms with E-state index in [0.717, 1.165) is 47.7 Å². The molecule has 0 spiro atoms. The molecule has 0 saturated carbocycles. The van der Waals surface area contributed by atoms with Crippen LogP contribution in [0.5, 0.6) is 0 Å². The molecule has 0 aliphatic carbocycles. The number of anilines is 1. The number of hydrogen-bond acceptors (Lipinski definition) is 4. The fraction of sp³-hybridized carbons (Fsp3) is 0.300. The monoisotopic (exact) mass is 351 g/mol. The van der Waals surface area contributed by atoms with Crippen LogP contribution in [0.4, 0.5) is 5.69 Å². The highest BCUT2D eigenvalue weighted by molar-refractivity contribution is 7.21. The number of rotatable bonds is 4. The fourth-order valence-electron chi connectivity index (χ4n) is 3.26. The Hall–Kier alpha value is -2.40. The van der Waals surface area contributed by atoms with Crippen LogP contribution in [0.15, 0.2) is 48.5 Å². The molecule has 1 N–H and O–H groups in total. The summed E-state index contributed by atoms with van der Waals surface area (Å²) in [7, 11) is 0. The summed E-state index contributed by atoms with van der Waals surface area (Å²) in [5.41, 5.74) is 3.06. The Morgan fingerprint density at radius 2 is 1.96 bits per heavy atom. The van der Waals surface area contributed by atoms with Crippen molar-refractivity contribution >= 4 is 33.1 Å². The minimum atomic E-state index is -0.219. The molecular formula is C20H21N3OS. The summed E-state index contributed by atoms with van der Waals surface area (Å²) in [4.78, 5) is 19.1. The molecule has 25 heavy (non-hydrogen) atoms. The quantitative estimate of drug-likeness (QED) is 0.758. The van der Waals surface area contributed by atoms with Gasteiger partial charge in [-0.3, -0.25) is 4.79 Å². The van der Waals surface area contributed by atoms with Gasteiger partial charge >= 0.3 is 0 Å². The molecule has 1 unspecified atom stereocenters. The van der Waals surface area contributed by atoms with Crippen molar-refractivity contribution in [1.29, 1.82) is 0 Å². The van der Waals surface area contributed by atoms with Crippen molar-refractivity contribution in [2.45, 2.75) is 25.8 Å². The van der Waals surface area contributed by atoms with E-state index in [1.165, 1.54) is 4.70 Å². The van der Waals surface area contributed by atoms with Gasteiger partial charge in [-0.2, -0.15) is 0 Å². The Labute approximate surface area is 151 Å². The molecule has 1 fully saturated rings. The van der Waals surface area contributed by atoms with E-state index < -0.39 is 0 Å². The molecule has 0 bridgehead atoms. The first-order valence-electron chi connectivity index (χ1n) is 8.72. The second-order valence-corrected chi connectivity index (χ2v) is 7.50. The molecule has 2 aromatic carbocycles. The SMILES string of the molecule is CC(Nc1cccc(-c2nc3ccccc3s2)c1)C(=O)N1CCCC1. The average Bonchev–Trinajstić information content (AvgIpc) is 3.30. The van der Waals surface area contributed by atoms with Crippen LogP contribution >= 0.6 is 11.3 Å². The first-order chi connectivity index (χ1) is 12.2. The smallest absolute Gasteiger partial charge is 0.244 e. The van der Waals surface area contributed by atoms with Crippen molar-refractivity contribution in [2.75, 3.05) is 18.4 Å². The Balaban J connectivity index is 1.53. The maximum Gasteiger partial charge on any atom is 0.244 e. The zero-order valence-corrected chi connectivity index (χ0v) is 15.1. The zero-order valence-electron chi connectivity index (χ0n) is 14.2. The van der Waals surface area contributed by atoms with Crippen molar-refractivity contribution in [3.63, 3.8) is 0 Å². The van der Waals surface area contributed by atoms with Gasteiger partial charge in [0.25, 0.3) is 0 Å². The summed E-state index contributed by atoms with van der Waals surface area (Å²) in [6.45, 7) is 3.71. The highest BCUT2D eigenvalue weighted by atomic mass is 32.1. The number of thiazole rings is 1. The van der Waals surface area contributed by atoms with Gasteiger partial charge in [0, 0.05) is 24.3 Å². The van der Waals surface area contributed by atoms with Crippen LogP contribution in [0.2, 0.25) is 0 Å². The van der Waals surface area contributed by atoms with Gasteiger partial charge in [-0.15, -0.1) is 11.3 Å². The Kier molecular flexibility index (Phi) is 4.40. The second-order valence-electron chi connectivity index (χ2n) is 6.47. The minimum Gasteiger partial charge on any atom is -0.374 e. The van der Waals surface area contributed by atoms with Crippen LogP contribution in [0.3, 0.4) is 0 Å². The third-order valence-electron chi connectivity index (χ3n) is 4.57. The summed E-state index contributed by atoms with van der Waals surface area (Å²) < 4.78 is 1.19. The lowest BCUT2D eigenvalue weighted by molar-refractivity contribution is -0.130. The summed E-state index contributed by atoms with van der Waals surface area (Å²) in [6.07, 6.45) is 2.23. The first-order valence-corrected chi connectivity index (χ1v) is 9.54. The van der Waals surface area contributed by atoms with Crippen LogP contribution in [0.25, 0.3) is 20.8 Å². The predicted molar refractivity (Wildman–Crippen MR) is 104 cm³/mol. The Bertz CT molecular complexity index is 866. The standard InChI is InChI=1S/C20H21N3OS/c1-14(20(24)23-11-4-5-12-23)21-16-8-6-7-15(13-16)19-22-17-9-2-3-10-18(17)25-19/h2-3,6-10,13-14,21H,4-5,11-12H2,1H3. The number of carbonyl (C=O) groups is 1. The summed E-state index contributed by atoms with van der Waals surface area (Å²) in [5, 5.41) is 4.35. The number of aromatic nitrogens is 1. The molecule has 1 atom stereocenters. The van der Waals surface area contributed by atoms with E-state index in [1.54, 1.807) is 11.3 Å². The molecule has 1 aromatic heterocycles. The molecule has 1 amide bonds. The maximum atomic E-state index is 12.5. The van der Waals surface area contributed by atoms with Crippen LogP contribution in [-0.2, 0) is 4.79 Å². The van der Waals surface area contributed by atoms with E-state index in [1.807, 2.05) is 42.2 Å². The number of fused-ring (bicyclic) bond motifs is 1. The molecule has 0 radical (unpaired) electrons. The van der Waals surface area contributed by atoms with E-state index >= 15 is 0 Å². The van der Waals surface area contributed by atoms with Crippen molar-refractivity contribution in [1.82, 2.24) is 9.88 Å². The number of carbonyl (C=O) groups excluding carboxylic acids is 1. The topological polar surface area (TPSA) is 45.2 Å². The fourth-order valence-corrected chi connectivity index (χ4v) is 4.22. The van der Waals surface area contributed by atoms with E-state index in [9.17, 15) is 4.79 Å². The van der Waals surface area contributed by atoms with Crippen molar-refractivity contribution in [2.24, 2.45) is 0 Å². The summed E-state index contributed by atoms with van der Waals surface area (Å²) >= 11 is 1.69. The first kappa shape index (κ1) is 16.1. The number of hydrogen-bond donors (Lipinski definition) is 1. The van der Waals surface area contributed by atoms with Crippen molar-refractivity contribution in [3.8, 4) is 10.6 Å². The molecule has 128 valence electrons. The number of amides is 1. The maximum absolute atomic E-state index is 12.5. The minimum absolute atomic E-state index is 0.183. The van der Waals surface area contributed by atoms with Crippen LogP contribution < -0.4 is 5.32 Å². The molecular weight excluding hydrogens is 330 g/mol. The van der Waals surface area contributed by atoms with E-state index in [2.05, 4.69) is 23.5 Å². The van der Waals surface area contributed by atoms with Gasteiger partial charge in [0.2, 0.25) is 5.91 Å². The Morgan fingerprint density at radius 1 is 1.16 bits per heavy atom. The Morgan fingerprint density at radius 3 is 2.76 bits per heavy atom. The third-order valence-corrected chi connectivity index (χ3v) is 5.66. The largest absolute Gasteiger partial charge is 0.374 e. The van der Waals surface area contributed by atoms with E-state index in [4.69, 9.17) is 4.98 Å². The van der Waals surface area contributed by atoms with Gasteiger partial charge in [0.15, 0.2) is 0 Å². The van der Waals surface area contributed by atoms with Gasteiger partial charge in [-0.1, -0.05) is 24.3 Å². The lowest BCUT2D eigenvalue weighted by atomic mass is 10.2. The molecule has 3 aromatic rings. The van der Waals surface area contributed by atoms with E-state index in [-0.39, 0.29) is 11.9 Å². The zero-order chi connectivity index (χ0) is 17.2. The highest BCUT2D eigenvalue weighted by Crippen LogP contribution is 2.31. The number of benzene rings is 2. The van der Waals surface area contributed by atoms with Crippen LogP contribution in [-0.4, -0.2) is 34.9 Å². The van der Waals surface area contributed by atoms with Gasteiger partial charge < -0.3 is 10.2 Å². The number of likely N-dealkylation sites (tertiary alicyclic amines) is 1. The van der Waals surface area contributed by atoms with E-state index in [0.29, 0.717) is 0 Å². The lowest BCUT2D eigenvalue weighted by Crippen LogP contribution is -2.39. The van der Waals surface area contributed by atoms with Gasteiger partial charge in [-0.25, -0.2) is 4.98 Å². The molecule has 1 aliphatic rings. The number of para-hydroxylation sites is 1. The predicted octanol–water partition coefficient (Wildman–Crippen LogP) is 4.39. The summed E-state index contributed by atoms with van der Waals surface area (Å²) in [5.74, 6) is 0.183. The number of nitrogens with zero attached hydrogens (tertiary/aromatic N) is 2. The van der Waals surface area contributed by atoms with Crippen molar-refractivity contribution < 1.29 is 4.79 Å². The van der Waals surface area contributed by atoms with Crippen LogP contribution in [0, 0.1) is 0 Å². The summed E-state index contributed by atoms with van der Waals surface area (Å²) in [6, 6.07) is 16.1. The highest BCUT2D eigenvalue weighted by Gasteiger charge is 2.23. The molecule has 4 rings (SSSR count). The van der Waals surface area contributed by atoms with Crippen molar-refractivity contribution in [3.05, 3.63) is 48.5 Å². The second kappa shape index (κ2) is 6.84. The molecule has 4 nitrogen and oxygen atoms in total. The number of nitrogens with one attached hydrogen (secondary N) is 1. The van der Waals surface area contributed by atoms with Gasteiger partial charge in [-0.05, 0) is 44.0 Å². The van der Waals surface area contributed by atoms with Gasteiger partial charge in [0.05, 0.1) is 10.2 Å². The van der Waals surface area contributed by atoms with Gasteiger partial charge in [0.1, 0.15) is 11.0 Å². The normalized spacial score (nSPS) is 15.5. The van der Waals surface area contributed by atoms with Crippen LogP contribution in [0.1, 0.15) is 19.8 Å². The molecule has 2 heterocycles. The lowest BCUT2D eigenvalue weighted by Gasteiger charge is -2.22. The molecule has 1 aliphatic heterocycles. The molecule has 1 saturated heterocycles.